The van der Waals surface area contributed by atoms with Gasteiger partial charge in [-0.15, -0.1) is 0 Å². The zero-order chi connectivity index (χ0) is 19.5. The van der Waals surface area contributed by atoms with E-state index in [2.05, 4.69) is 105 Å². The van der Waals surface area contributed by atoms with Gasteiger partial charge in [0.05, 0.1) is 0 Å². The molecule has 0 saturated carbocycles. The van der Waals surface area contributed by atoms with Crippen LogP contribution in [0.1, 0.15) is 96.9 Å². The standard InChI is InChI=1S/C20H46N2Si2/c1-15(2)23(16(3)4)21(19(9,10)11)24(17(5)6,18(7)8)22(23)20(12,13)14/h15-18H,1-14H3. The van der Waals surface area contributed by atoms with E-state index in [0.29, 0.717) is 0 Å². The molecule has 4 heteroatoms. The largest absolute Gasteiger partial charge is 0.316 e. The van der Waals surface area contributed by atoms with Crippen LogP contribution < -0.4 is 0 Å². The molecule has 0 radical (unpaired) electrons. The molecule has 0 aromatic heterocycles. The third-order valence-electron chi connectivity index (χ3n) is 6.17. The fourth-order valence-corrected chi connectivity index (χ4v) is 29.1. The fourth-order valence-electron chi connectivity index (χ4n) is 6.28. The Morgan fingerprint density at radius 2 is 0.625 bits per heavy atom. The average Bonchev–Trinajstić information content (AvgIpc) is 2.21. The first-order chi connectivity index (χ1) is 10.5. The highest BCUT2D eigenvalue weighted by Crippen LogP contribution is 2.63. The maximum absolute atomic E-state index is 3.18. The Morgan fingerprint density at radius 3 is 0.708 bits per heavy atom. The number of hydrogen-bond acceptors (Lipinski definition) is 2. The minimum atomic E-state index is -1.76. The van der Waals surface area contributed by atoms with E-state index in [1.165, 1.54) is 0 Å². The molecule has 1 saturated heterocycles. The Hall–Kier alpha value is 0.354. The van der Waals surface area contributed by atoms with Crippen LogP contribution in [0.5, 0.6) is 0 Å². The van der Waals surface area contributed by atoms with Crippen molar-refractivity contribution >= 4 is 16.8 Å². The summed E-state index contributed by atoms with van der Waals surface area (Å²) in [4.78, 5) is 0. The topological polar surface area (TPSA) is 6.48 Å². The summed E-state index contributed by atoms with van der Waals surface area (Å²) in [5, 5.41) is 0. The summed E-state index contributed by atoms with van der Waals surface area (Å²) in [7, 11) is -3.52. The molecule has 144 valence electrons. The first-order valence-electron chi connectivity index (χ1n) is 10.1. The summed E-state index contributed by atoms with van der Waals surface area (Å²) in [6.07, 6.45) is 0. The Bertz CT molecular complexity index is 372. The van der Waals surface area contributed by atoms with Crippen molar-refractivity contribution < 1.29 is 0 Å². The predicted molar refractivity (Wildman–Crippen MR) is 115 cm³/mol. The molecule has 0 bridgehead atoms. The second kappa shape index (κ2) is 6.51. The molecule has 0 N–H and O–H groups in total. The molecule has 0 atom stereocenters. The molecule has 1 rings (SSSR count). The smallest absolute Gasteiger partial charge is 0.201 e. The summed E-state index contributed by atoms with van der Waals surface area (Å²) >= 11 is 0. The van der Waals surface area contributed by atoms with Gasteiger partial charge in [0, 0.05) is 11.1 Å². The van der Waals surface area contributed by atoms with Crippen LogP contribution in [0.25, 0.3) is 0 Å². The highest BCUT2D eigenvalue weighted by atomic mass is 28.5. The summed E-state index contributed by atoms with van der Waals surface area (Å²) < 4.78 is 6.37. The van der Waals surface area contributed by atoms with Crippen LogP contribution in [0.4, 0.5) is 0 Å². The fraction of sp³-hybridized carbons (Fsp3) is 1.00. The number of rotatable bonds is 4. The van der Waals surface area contributed by atoms with Crippen molar-refractivity contribution in [1.29, 1.82) is 0 Å². The SMILES string of the molecule is CC(C)[Si]1(C(C)C)N(C(C)(C)C)[Si](C(C)C)(C(C)C)N1C(C)(C)C. The number of nitrogens with zero attached hydrogens (tertiary/aromatic N) is 2. The van der Waals surface area contributed by atoms with Gasteiger partial charge in [0.2, 0.25) is 16.8 Å². The molecule has 1 fully saturated rings. The minimum absolute atomic E-state index is 0.253. The van der Waals surface area contributed by atoms with E-state index in [4.69, 9.17) is 0 Å². The van der Waals surface area contributed by atoms with Crippen LogP contribution in [0, 0.1) is 0 Å². The number of hydrogen-bond donors (Lipinski definition) is 0. The Kier molecular flexibility index (Phi) is 6.07. The van der Waals surface area contributed by atoms with Gasteiger partial charge >= 0.3 is 0 Å². The molecule has 0 unspecified atom stereocenters. The van der Waals surface area contributed by atoms with Gasteiger partial charge in [-0.1, -0.05) is 55.4 Å². The van der Waals surface area contributed by atoms with Crippen LogP contribution in [-0.4, -0.2) is 36.3 Å². The Balaban J connectivity index is 3.88. The predicted octanol–water partition coefficient (Wildman–Crippen LogP) is 6.73. The van der Waals surface area contributed by atoms with E-state index < -0.39 is 16.8 Å². The molecule has 2 nitrogen and oxygen atoms in total. The van der Waals surface area contributed by atoms with Crippen molar-refractivity contribution in [2.75, 3.05) is 0 Å². The van der Waals surface area contributed by atoms with Gasteiger partial charge in [-0.25, -0.2) is 0 Å². The van der Waals surface area contributed by atoms with Gasteiger partial charge in [-0.3, -0.25) is 0 Å². The van der Waals surface area contributed by atoms with E-state index >= 15 is 0 Å². The molecule has 0 aromatic carbocycles. The molecule has 1 aliphatic rings. The molecule has 0 spiro atoms. The summed E-state index contributed by atoms with van der Waals surface area (Å²) in [5.74, 6) is 0. The second-order valence-electron chi connectivity index (χ2n) is 11.2. The quantitative estimate of drug-likeness (QED) is 0.506. The molecular formula is C20H46N2Si2. The van der Waals surface area contributed by atoms with Gasteiger partial charge in [0.25, 0.3) is 0 Å². The first-order valence-corrected chi connectivity index (χ1v) is 14.2. The third-order valence-corrected chi connectivity index (χ3v) is 22.8. The lowest BCUT2D eigenvalue weighted by molar-refractivity contribution is 0.160. The summed E-state index contributed by atoms with van der Waals surface area (Å²) in [6, 6.07) is 0. The van der Waals surface area contributed by atoms with Crippen molar-refractivity contribution in [2.24, 2.45) is 0 Å². The summed E-state index contributed by atoms with van der Waals surface area (Å²) in [6.45, 7) is 34.9. The zero-order valence-electron chi connectivity index (χ0n) is 19.2. The maximum Gasteiger partial charge on any atom is 0.201 e. The van der Waals surface area contributed by atoms with Crippen molar-refractivity contribution in [3.8, 4) is 0 Å². The van der Waals surface area contributed by atoms with Gasteiger partial charge in [0.15, 0.2) is 0 Å². The Morgan fingerprint density at radius 1 is 0.458 bits per heavy atom. The van der Waals surface area contributed by atoms with Crippen LogP contribution in [0.2, 0.25) is 22.2 Å². The monoisotopic (exact) mass is 370 g/mol. The Labute approximate surface area is 155 Å². The van der Waals surface area contributed by atoms with Gasteiger partial charge in [0.1, 0.15) is 0 Å². The lowest BCUT2D eigenvalue weighted by Gasteiger charge is -2.82. The minimum Gasteiger partial charge on any atom is -0.316 e. The molecule has 0 amide bonds. The highest BCUT2D eigenvalue weighted by Gasteiger charge is 2.78. The normalized spacial score (nSPS) is 22.8. The van der Waals surface area contributed by atoms with Gasteiger partial charge < -0.3 is 8.46 Å². The highest BCUT2D eigenvalue weighted by molar-refractivity contribution is 7.07. The van der Waals surface area contributed by atoms with Crippen LogP contribution in [-0.2, 0) is 0 Å². The molecule has 1 aliphatic heterocycles. The summed E-state index contributed by atoms with van der Waals surface area (Å²) in [5.41, 5.74) is 3.48. The average molecular weight is 371 g/mol. The van der Waals surface area contributed by atoms with Crippen LogP contribution in [0.15, 0.2) is 0 Å². The van der Waals surface area contributed by atoms with Crippen molar-refractivity contribution in [2.45, 2.75) is 130 Å². The van der Waals surface area contributed by atoms with Crippen molar-refractivity contribution in [3.05, 3.63) is 0 Å². The maximum atomic E-state index is 3.18. The van der Waals surface area contributed by atoms with E-state index in [0.717, 1.165) is 22.2 Å². The van der Waals surface area contributed by atoms with Gasteiger partial charge in [-0.2, -0.15) is 0 Å². The van der Waals surface area contributed by atoms with Crippen LogP contribution in [0.3, 0.4) is 0 Å². The molecule has 0 aliphatic carbocycles. The molecule has 1 heterocycles. The van der Waals surface area contributed by atoms with E-state index in [-0.39, 0.29) is 11.1 Å². The van der Waals surface area contributed by atoms with E-state index in [1.54, 1.807) is 0 Å². The van der Waals surface area contributed by atoms with E-state index in [1.807, 2.05) is 0 Å². The zero-order valence-corrected chi connectivity index (χ0v) is 21.2. The van der Waals surface area contributed by atoms with Gasteiger partial charge in [-0.05, 0) is 63.7 Å². The molecule has 24 heavy (non-hydrogen) atoms. The van der Waals surface area contributed by atoms with E-state index in [9.17, 15) is 0 Å². The van der Waals surface area contributed by atoms with Crippen molar-refractivity contribution in [3.63, 3.8) is 0 Å². The first kappa shape index (κ1) is 22.4. The third kappa shape index (κ3) is 2.80. The molecular weight excluding hydrogens is 324 g/mol. The lowest BCUT2D eigenvalue weighted by Crippen LogP contribution is -3.01. The van der Waals surface area contributed by atoms with Crippen LogP contribution >= 0.6 is 0 Å². The van der Waals surface area contributed by atoms with Crippen molar-refractivity contribution in [1.82, 2.24) is 8.46 Å². The molecule has 0 aromatic rings. The second-order valence-corrected chi connectivity index (χ2v) is 21.6. The lowest BCUT2D eigenvalue weighted by atomic mass is 10.1.